The van der Waals surface area contributed by atoms with Gasteiger partial charge in [0.2, 0.25) is 0 Å². The normalized spacial score (nSPS) is 0. The Kier molecular flexibility index (Phi) is 2150. The first-order valence-electron chi connectivity index (χ1n) is 0. The minimum absolute atomic E-state index is 0. The zero-order valence-electron chi connectivity index (χ0n) is 6.09. The maximum absolute atomic E-state index is 0. The monoisotopic (exact) mass is 588 g/mol. The van der Waals surface area contributed by atoms with Crippen LogP contribution in [0.1, 0.15) is 0 Å². The predicted octanol–water partition coefficient (Wildman–Crippen LogP) is -1.60. The van der Waals surface area contributed by atoms with Crippen molar-refractivity contribution in [2.75, 3.05) is 0 Å². The third-order valence-corrected chi connectivity index (χ3v) is 0. The van der Waals surface area contributed by atoms with Crippen molar-refractivity contribution in [3.05, 3.63) is 0 Å². The quantitative estimate of drug-likeness (QED) is 0.294. The van der Waals surface area contributed by atoms with E-state index in [1.165, 1.54) is 0 Å². The largest absolute Gasteiger partial charge is 3.00 e. The molecule has 0 aromatic carbocycles. The van der Waals surface area contributed by atoms with Crippen molar-refractivity contribution in [3.8, 4) is 0 Å². The average molecular weight is 588 g/mol. The molecule has 0 aromatic heterocycles. The summed E-state index contributed by atoms with van der Waals surface area (Å²) in [6.45, 7) is 0. The Balaban J connectivity index is 0. The maximum atomic E-state index is 0. The van der Waals surface area contributed by atoms with Crippen molar-refractivity contribution in [2.24, 2.45) is 0 Å². The van der Waals surface area contributed by atoms with Crippen molar-refractivity contribution in [2.45, 2.75) is 0 Å². The van der Waals surface area contributed by atoms with Crippen LogP contribution in [0.5, 0.6) is 0 Å². The average Bonchev–Trinajstić information content (AvgIpc) is 0. The van der Waals surface area contributed by atoms with Gasteiger partial charge in [0, 0.05) is 0 Å². The van der Waals surface area contributed by atoms with E-state index in [1.54, 1.807) is 0 Å². The van der Waals surface area contributed by atoms with Crippen LogP contribution in [0.2, 0.25) is 0 Å². The van der Waals surface area contributed by atoms with Crippen LogP contribution in [-0.2, 0) is 71.9 Å². The van der Waals surface area contributed by atoms with Crippen molar-refractivity contribution >= 4 is 75.5 Å². The summed E-state index contributed by atoms with van der Waals surface area (Å²) < 4.78 is 0. The van der Waals surface area contributed by atoms with Crippen molar-refractivity contribution in [1.82, 2.24) is 0 Å². The van der Waals surface area contributed by atoms with Crippen molar-refractivity contribution < 1.29 is 143 Å². The van der Waals surface area contributed by atoms with E-state index >= 15 is 0 Å². The van der Waals surface area contributed by atoms with Crippen LogP contribution in [-0.4, -0.2) is 75.5 Å². The fraction of sp³-hybridized carbons (Fsp3) is 0. The number of hydrogen-bond donors (Lipinski definition) is 0. The minimum Gasteiger partial charge on any atom is -2.00 e. The fourth-order valence-electron chi connectivity index (χ4n) is 0. The summed E-state index contributed by atoms with van der Waals surface area (Å²) in [4.78, 5) is 0. The van der Waals surface area contributed by atoms with Gasteiger partial charge in [-0.2, -0.15) is 0 Å². The molecule has 0 fully saturated rings. The van der Waals surface area contributed by atoms with Crippen LogP contribution in [0.25, 0.3) is 0 Å². The van der Waals surface area contributed by atoms with Gasteiger partial charge in [-0.3, -0.25) is 0 Å². The summed E-state index contributed by atoms with van der Waals surface area (Å²) in [5, 5.41) is 0. The van der Waals surface area contributed by atoms with Gasteiger partial charge in [0.25, 0.3) is 0 Å². The molecule has 0 aliphatic heterocycles. The molecule has 7 nitrogen and oxygen atoms in total. The molecule has 0 heterocycles. The van der Waals surface area contributed by atoms with Gasteiger partial charge in [0.15, 0.2) is 0 Å². The second kappa shape index (κ2) is 153. The molecule has 0 aromatic rings. The number of rotatable bonds is 0. The van der Waals surface area contributed by atoms with Gasteiger partial charge >= 0.3 is 180 Å². The summed E-state index contributed by atoms with van der Waals surface area (Å²) >= 11 is 0. The van der Waals surface area contributed by atoms with E-state index in [0.29, 0.717) is 0 Å². The second-order valence-corrected chi connectivity index (χ2v) is 0. The van der Waals surface area contributed by atoms with E-state index in [9.17, 15) is 0 Å². The van der Waals surface area contributed by atoms with Crippen LogP contribution in [0.4, 0.5) is 0 Å². The summed E-state index contributed by atoms with van der Waals surface area (Å²) in [7, 11) is 0. The SMILES string of the molecule is [Ca+2].[Ca+2].[Co+2].[Co+2].[La+3].[La+3].[O-2].[O-2].[O-2].[O-2].[O-2].[O-2].[O-2]. The molecule has 0 unspecified atom stereocenters. The molecule has 0 aliphatic rings. The van der Waals surface area contributed by atoms with E-state index in [4.69, 9.17) is 0 Å². The molecule has 2 radical (unpaired) electrons. The Bertz CT molecular complexity index is 22.5. The molecule has 13 heavy (non-hydrogen) atoms. The summed E-state index contributed by atoms with van der Waals surface area (Å²) in [6, 6.07) is 0. The zero-order chi connectivity index (χ0) is 0. The van der Waals surface area contributed by atoms with Crippen molar-refractivity contribution in [1.29, 1.82) is 0 Å². The molecule has 0 spiro atoms. The molecule has 0 N–H and O–H groups in total. The van der Waals surface area contributed by atoms with Gasteiger partial charge in [-0.1, -0.05) is 0 Å². The van der Waals surface area contributed by atoms with Gasteiger partial charge in [-0.25, -0.2) is 0 Å². The van der Waals surface area contributed by atoms with E-state index in [1.807, 2.05) is 0 Å². The Morgan fingerprint density at radius 1 is 0.308 bits per heavy atom. The van der Waals surface area contributed by atoms with Gasteiger partial charge in [0.1, 0.15) is 0 Å². The van der Waals surface area contributed by atoms with Gasteiger partial charge in [-0.05, 0) is 0 Å². The molecular formula is Ca2Co2La2O7. The Labute approximate surface area is 213 Å². The number of hydrogen-bond acceptors (Lipinski definition) is 0. The summed E-state index contributed by atoms with van der Waals surface area (Å²) in [5.41, 5.74) is 0. The summed E-state index contributed by atoms with van der Waals surface area (Å²) in [5.74, 6) is 0. The van der Waals surface area contributed by atoms with Crippen LogP contribution in [0, 0.1) is 71.2 Å². The van der Waals surface area contributed by atoms with Gasteiger partial charge in [0.05, 0.1) is 0 Å². The predicted molar refractivity (Wildman–Crippen MR) is 16.3 cm³/mol. The third-order valence-electron chi connectivity index (χ3n) is 0. The molecule has 0 saturated heterocycles. The fourth-order valence-corrected chi connectivity index (χ4v) is 0. The zero-order valence-corrected chi connectivity index (χ0v) is 19.8. The Morgan fingerprint density at radius 3 is 0.308 bits per heavy atom. The van der Waals surface area contributed by atoms with Crippen LogP contribution >= 0.6 is 0 Å². The van der Waals surface area contributed by atoms with Crippen LogP contribution < -0.4 is 0 Å². The van der Waals surface area contributed by atoms with E-state index in [-0.39, 0.29) is 219 Å². The molecular weight excluding hydrogens is 588 g/mol. The molecule has 0 saturated carbocycles. The summed E-state index contributed by atoms with van der Waals surface area (Å²) in [6.07, 6.45) is 0. The smallest absolute Gasteiger partial charge is 2.00 e. The van der Waals surface area contributed by atoms with Crippen LogP contribution in [0.15, 0.2) is 0 Å². The topological polar surface area (TPSA) is 200 Å². The molecule has 0 aliphatic carbocycles. The first kappa shape index (κ1) is 182. The molecule has 0 amide bonds. The third kappa shape index (κ3) is 136. The first-order chi connectivity index (χ1) is 0. The van der Waals surface area contributed by atoms with E-state index < -0.39 is 0 Å². The van der Waals surface area contributed by atoms with Gasteiger partial charge in [-0.15, -0.1) is 0 Å². The molecule has 70 valence electrons. The molecule has 0 atom stereocenters. The first-order valence-corrected chi connectivity index (χ1v) is 0. The van der Waals surface area contributed by atoms with E-state index in [2.05, 4.69) is 0 Å². The second-order valence-electron chi connectivity index (χ2n) is 0. The molecule has 0 bridgehead atoms. The molecule has 0 rings (SSSR count). The standard InChI is InChI=1S/2Ca.2Co.2La.7O/q4*+2;2*+3;7*-2. The molecule has 13 heteroatoms. The van der Waals surface area contributed by atoms with Crippen LogP contribution in [0.3, 0.4) is 0 Å². The minimum atomic E-state index is 0. The maximum Gasteiger partial charge on any atom is 3.00 e. The van der Waals surface area contributed by atoms with E-state index in [0.717, 1.165) is 0 Å². The van der Waals surface area contributed by atoms with Crippen molar-refractivity contribution in [3.63, 3.8) is 0 Å². The van der Waals surface area contributed by atoms with Gasteiger partial charge < -0.3 is 38.3 Å². The Morgan fingerprint density at radius 2 is 0.308 bits per heavy atom. The Hall–Kier alpha value is 5.64.